The van der Waals surface area contributed by atoms with Crippen LogP contribution in [-0.2, 0) is 24.6 Å². The standard InChI is InChI=1S/C26H30N4O5/c27-24(33)19-7-5-12-29(18-19)22(31)15-26(20-8-2-1-3-9-20)16-23(32)30(25(26)34)13-6-14-35-21-10-4-11-28-17-21/h1-4,8-11,17,19H,5-7,12-16,18H2,(H2,27,33)/t19-,26+/m0/s1. The summed E-state index contributed by atoms with van der Waals surface area (Å²) in [5.74, 6) is -1.12. The number of piperidine rings is 1. The number of nitrogens with two attached hydrogens (primary N) is 1. The fourth-order valence-corrected chi connectivity index (χ4v) is 4.90. The third kappa shape index (κ3) is 5.34. The smallest absolute Gasteiger partial charge is 0.240 e. The second kappa shape index (κ2) is 10.7. The molecule has 2 aromatic rings. The van der Waals surface area contributed by atoms with Gasteiger partial charge in [0, 0.05) is 38.7 Å². The zero-order valence-electron chi connectivity index (χ0n) is 19.6. The van der Waals surface area contributed by atoms with Crippen LogP contribution in [-0.4, -0.2) is 64.7 Å². The molecule has 0 bridgehead atoms. The van der Waals surface area contributed by atoms with Gasteiger partial charge in [-0.05, 0) is 37.0 Å². The molecule has 2 aliphatic heterocycles. The molecule has 4 amide bonds. The van der Waals surface area contributed by atoms with Gasteiger partial charge in [-0.2, -0.15) is 0 Å². The van der Waals surface area contributed by atoms with Gasteiger partial charge in [0.15, 0.2) is 0 Å². The summed E-state index contributed by atoms with van der Waals surface area (Å²) < 4.78 is 5.64. The van der Waals surface area contributed by atoms with Crippen molar-refractivity contribution in [2.24, 2.45) is 11.7 Å². The normalized spacial score (nSPS) is 22.3. The lowest BCUT2D eigenvalue weighted by Crippen LogP contribution is -2.48. The molecule has 2 atom stereocenters. The SMILES string of the molecule is NC(=O)[C@H]1CCCN(C(=O)C[C@]2(c3ccccc3)CC(=O)N(CCCOc3cccnc3)C2=O)C1. The van der Waals surface area contributed by atoms with Crippen LogP contribution in [0.15, 0.2) is 54.9 Å². The molecular formula is C26H30N4O5. The van der Waals surface area contributed by atoms with Crippen molar-refractivity contribution in [1.82, 2.24) is 14.8 Å². The Hall–Kier alpha value is -3.75. The molecular weight excluding hydrogens is 448 g/mol. The largest absolute Gasteiger partial charge is 0.492 e. The van der Waals surface area contributed by atoms with Gasteiger partial charge in [-0.25, -0.2) is 0 Å². The fourth-order valence-electron chi connectivity index (χ4n) is 4.90. The van der Waals surface area contributed by atoms with Crippen molar-refractivity contribution in [1.29, 1.82) is 0 Å². The number of amides is 4. The first-order chi connectivity index (χ1) is 16.9. The Morgan fingerprint density at radius 1 is 1.14 bits per heavy atom. The maximum atomic E-state index is 13.7. The Morgan fingerprint density at radius 3 is 2.66 bits per heavy atom. The number of nitrogens with zero attached hydrogens (tertiary/aromatic N) is 3. The third-order valence-corrected chi connectivity index (χ3v) is 6.79. The first-order valence-corrected chi connectivity index (χ1v) is 11.9. The number of hydrogen-bond acceptors (Lipinski definition) is 6. The van der Waals surface area contributed by atoms with E-state index in [0.717, 1.165) is 0 Å². The first-order valence-electron chi connectivity index (χ1n) is 11.9. The van der Waals surface area contributed by atoms with Crippen LogP contribution in [0, 0.1) is 5.92 Å². The molecule has 0 saturated carbocycles. The van der Waals surface area contributed by atoms with Crippen molar-refractivity contribution in [2.45, 2.75) is 37.5 Å². The number of hydrogen-bond donors (Lipinski definition) is 1. The second-order valence-electron chi connectivity index (χ2n) is 9.12. The lowest BCUT2D eigenvalue weighted by atomic mass is 9.75. The lowest BCUT2D eigenvalue weighted by molar-refractivity contribution is -0.143. The van der Waals surface area contributed by atoms with Crippen LogP contribution in [0.5, 0.6) is 5.75 Å². The van der Waals surface area contributed by atoms with E-state index in [-0.39, 0.29) is 43.7 Å². The minimum atomic E-state index is -1.26. The number of ether oxygens (including phenoxy) is 1. The number of pyridine rings is 1. The molecule has 0 aliphatic carbocycles. The molecule has 0 radical (unpaired) electrons. The second-order valence-corrected chi connectivity index (χ2v) is 9.12. The highest BCUT2D eigenvalue weighted by Crippen LogP contribution is 2.40. The van der Waals surface area contributed by atoms with Crippen molar-refractivity contribution >= 4 is 23.6 Å². The summed E-state index contributed by atoms with van der Waals surface area (Å²) >= 11 is 0. The average Bonchev–Trinajstić information content (AvgIpc) is 3.12. The molecule has 2 N–H and O–H groups in total. The van der Waals surface area contributed by atoms with Crippen LogP contribution in [0.4, 0.5) is 0 Å². The molecule has 184 valence electrons. The molecule has 2 saturated heterocycles. The molecule has 1 aromatic carbocycles. The van der Waals surface area contributed by atoms with Gasteiger partial charge >= 0.3 is 0 Å². The van der Waals surface area contributed by atoms with Gasteiger partial charge < -0.3 is 15.4 Å². The number of aromatic nitrogens is 1. The molecule has 9 nitrogen and oxygen atoms in total. The Bertz CT molecular complexity index is 1080. The van der Waals surface area contributed by atoms with Gasteiger partial charge in [0.1, 0.15) is 5.75 Å². The molecule has 35 heavy (non-hydrogen) atoms. The Labute approximate surface area is 204 Å². The quantitative estimate of drug-likeness (QED) is 0.432. The van der Waals surface area contributed by atoms with E-state index in [1.54, 1.807) is 53.7 Å². The van der Waals surface area contributed by atoms with Crippen molar-refractivity contribution in [2.75, 3.05) is 26.2 Å². The molecule has 3 heterocycles. The van der Waals surface area contributed by atoms with Crippen LogP contribution >= 0.6 is 0 Å². The summed E-state index contributed by atoms with van der Waals surface area (Å²) in [7, 11) is 0. The van der Waals surface area contributed by atoms with E-state index in [9.17, 15) is 19.2 Å². The van der Waals surface area contributed by atoms with Gasteiger partial charge in [-0.15, -0.1) is 0 Å². The summed E-state index contributed by atoms with van der Waals surface area (Å²) in [6.07, 6.45) is 4.83. The van der Waals surface area contributed by atoms with E-state index in [1.807, 2.05) is 6.07 Å². The molecule has 2 fully saturated rings. The van der Waals surface area contributed by atoms with E-state index in [0.29, 0.717) is 43.7 Å². The van der Waals surface area contributed by atoms with E-state index in [2.05, 4.69) is 4.98 Å². The monoisotopic (exact) mass is 478 g/mol. The van der Waals surface area contributed by atoms with Gasteiger partial charge in [0.2, 0.25) is 23.6 Å². The highest BCUT2D eigenvalue weighted by Gasteiger charge is 2.54. The minimum Gasteiger partial charge on any atom is -0.492 e. The summed E-state index contributed by atoms with van der Waals surface area (Å²) in [5, 5.41) is 0. The number of likely N-dealkylation sites (tertiary alicyclic amines) is 2. The van der Waals surface area contributed by atoms with Crippen LogP contribution in [0.25, 0.3) is 0 Å². The number of carbonyl (C=O) groups is 4. The van der Waals surface area contributed by atoms with E-state index in [1.165, 1.54) is 4.90 Å². The first kappa shape index (κ1) is 24.4. The maximum absolute atomic E-state index is 13.7. The zero-order chi connectivity index (χ0) is 24.8. The Kier molecular flexibility index (Phi) is 7.43. The highest BCUT2D eigenvalue weighted by molar-refractivity contribution is 6.10. The topological polar surface area (TPSA) is 123 Å². The third-order valence-electron chi connectivity index (χ3n) is 6.79. The minimum absolute atomic E-state index is 0.0713. The van der Waals surface area contributed by atoms with Crippen LogP contribution < -0.4 is 10.5 Å². The molecule has 2 aliphatic rings. The van der Waals surface area contributed by atoms with Crippen molar-refractivity contribution < 1.29 is 23.9 Å². The number of benzene rings is 1. The number of primary amides is 1. The van der Waals surface area contributed by atoms with Crippen molar-refractivity contribution in [3.63, 3.8) is 0 Å². The summed E-state index contributed by atoms with van der Waals surface area (Å²) in [6.45, 7) is 1.28. The van der Waals surface area contributed by atoms with Crippen LogP contribution in [0.3, 0.4) is 0 Å². The Balaban J connectivity index is 1.48. The molecule has 9 heteroatoms. The van der Waals surface area contributed by atoms with Crippen molar-refractivity contribution in [3.05, 3.63) is 60.4 Å². The van der Waals surface area contributed by atoms with Gasteiger partial charge in [0.25, 0.3) is 0 Å². The highest BCUT2D eigenvalue weighted by atomic mass is 16.5. The average molecular weight is 479 g/mol. The number of imide groups is 1. The van der Waals surface area contributed by atoms with Crippen LogP contribution in [0.1, 0.15) is 37.7 Å². The number of rotatable bonds is 9. The van der Waals surface area contributed by atoms with E-state index >= 15 is 0 Å². The number of carbonyl (C=O) groups excluding carboxylic acids is 4. The predicted molar refractivity (Wildman–Crippen MR) is 127 cm³/mol. The van der Waals surface area contributed by atoms with Gasteiger partial charge in [0.05, 0.1) is 24.1 Å². The maximum Gasteiger partial charge on any atom is 0.240 e. The van der Waals surface area contributed by atoms with Gasteiger partial charge in [-0.1, -0.05) is 30.3 Å². The molecule has 0 spiro atoms. The van der Waals surface area contributed by atoms with E-state index < -0.39 is 17.2 Å². The summed E-state index contributed by atoms with van der Waals surface area (Å²) in [4.78, 5) is 58.6. The van der Waals surface area contributed by atoms with E-state index in [4.69, 9.17) is 10.5 Å². The zero-order valence-corrected chi connectivity index (χ0v) is 19.6. The Morgan fingerprint density at radius 2 is 1.94 bits per heavy atom. The fraction of sp³-hybridized carbons (Fsp3) is 0.423. The van der Waals surface area contributed by atoms with Crippen molar-refractivity contribution in [3.8, 4) is 5.75 Å². The van der Waals surface area contributed by atoms with Crippen LogP contribution in [0.2, 0.25) is 0 Å². The molecule has 1 aromatic heterocycles. The molecule has 0 unspecified atom stereocenters. The lowest BCUT2D eigenvalue weighted by Gasteiger charge is -2.34. The summed E-state index contributed by atoms with van der Waals surface area (Å²) in [6, 6.07) is 12.6. The van der Waals surface area contributed by atoms with Gasteiger partial charge in [-0.3, -0.25) is 29.1 Å². The summed E-state index contributed by atoms with van der Waals surface area (Å²) in [5.41, 5.74) is 4.85. The molecule has 4 rings (SSSR count). The predicted octanol–water partition coefficient (Wildman–Crippen LogP) is 1.66.